The van der Waals surface area contributed by atoms with Crippen LogP contribution in [0.4, 0.5) is 0 Å². The molecule has 3 heterocycles. The molecular weight excluding hydrogens is 404 g/mol. The summed E-state index contributed by atoms with van der Waals surface area (Å²) >= 11 is 0. The van der Waals surface area contributed by atoms with E-state index in [-0.39, 0.29) is 12.2 Å². The first-order valence-corrected chi connectivity index (χ1v) is 10.3. The summed E-state index contributed by atoms with van der Waals surface area (Å²) in [4.78, 5) is 26.8. The number of nitrogens with one attached hydrogen (secondary N) is 2. The van der Waals surface area contributed by atoms with Gasteiger partial charge in [-0.3, -0.25) is 0 Å². The van der Waals surface area contributed by atoms with Crippen LogP contribution in [0.2, 0.25) is 0 Å². The van der Waals surface area contributed by atoms with Crippen molar-refractivity contribution in [1.82, 2.24) is 14.9 Å². The van der Waals surface area contributed by atoms with E-state index < -0.39 is 5.97 Å². The minimum Gasteiger partial charge on any atom is -0.462 e. The number of esters is 1. The second kappa shape index (κ2) is 9.40. The van der Waals surface area contributed by atoms with Crippen molar-refractivity contribution >= 4 is 28.9 Å². The number of benzene rings is 1. The fraction of sp³-hybridized carbons (Fsp3) is 0.167. The lowest BCUT2D eigenvalue weighted by atomic mass is 10.1. The number of aromatic nitrogens is 2. The maximum absolute atomic E-state index is 12.5. The van der Waals surface area contributed by atoms with Crippen LogP contribution < -0.4 is 5.32 Å². The first-order chi connectivity index (χ1) is 15.6. The molecule has 1 aromatic carbocycles. The Morgan fingerprint density at radius 3 is 2.81 bits per heavy atom. The number of nitrogens with two attached hydrogens (primary N) is 1. The second-order valence-electron chi connectivity index (χ2n) is 7.32. The van der Waals surface area contributed by atoms with Crippen molar-refractivity contribution in [2.45, 2.75) is 13.5 Å². The number of aliphatic imine (C=N–C) groups is 1. The van der Waals surface area contributed by atoms with Crippen LogP contribution in [0, 0.1) is 5.41 Å². The fourth-order valence-corrected chi connectivity index (χ4v) is 3.58. The molecule has 0 fully saturated rings. The summed E-state index contributed by atoms with van der Waals surface area (Å²) in [6.07, 6.45) is 6.57. The Labute approximate surface area is 185 Å². The van der Waals surface area contributed by atoms with Gasteiger partial charge in [0.15, 0.2) is 5.57 Å². The van der Waals surface area contributed by atoms with Crippen LogP contribution in [0.5, 0.6) is 0 Å². The number of hydrogen-bond donors (Lipinski definition) is 3. The number of carbonyl (C=O) groups is 1. The molecule has 0 amide bonds. The molecule has 1 aliphatic heterocycles. The van der Waals surface area contributed by atoms with Gasteiger partial charge < -0.3 is 20.0 Å². The van der Waals surface area contributed by atoms with E-state index in [0.29, 0.717) is 18.1 Å². The SMILES string of the molecule is CCOC(=O)/C(C=N)=C1\N=C(c2c[nH]c3ncccc23)C=C(N(C)Cc2ccccc2)[NH2+]1. The van der Waals surface area contributed by atoms with Gasteiger partial charge in [0.1, 0.15) is 5.65 Å². The number of H-pyrrole nitrogens is 1. The fourth-order valence-electron chi connectivity index (χ4n) is 3.58. The molecule has 0 bridgehead atoms. The van der Waals surface area contributed by atoms with Gasteiger partial charge in [0, 0.05) is 49.2 Å². The Balaban J connectivity index is 1.79. The number of rotatable bonds is 7. The van der Waals surface area contributed by atoms with E-state index in [1.54, 1.807) is 13.1 Å². The van der Waals surface area contributed by atoms with Gasteiger partial charge in [-0.05, 0) is 24.6 Å². The third kappa shape index (κ3) is 4.35. The maximum atomic E-state index is 12.5. The zero-order valence-electron chi connectivity index (χ0n) is 18.0. The average Bonchev–Trinajstić information content (AvgIpc) is 3.24. The highest BCUT2D eigenvalue weighted by molar-refractivity contribution is 6.17. The van der Waals surface area contributed by atoms with Gasteiger partial charge >= 0.3 is 5.97 Å². The highest BCUT2D eigenvalue weighted by Crippen LogP contribution is 2.20. The highest BCUT2D eigenvalue weighted by atomic mass is 16.5. The number of fused-ring (bicyclic) bond motifs is 1. The summed E-state index contributed by atoms with van der Waals surface area (Å²) in [5.74, 6) is 0.698. The lowest BCUT2D eigenvalue weighted by molar-refractivity contribution is -0.573. The summed E-state index contributed by atoms with van der Waals surface area (Å²) < 4.78 is 5.15. The normalized spacial score (nSPS) is 15.1. The second-order valence-corrected chi connectivity index (χ2v) is 7.32. The molecule has 0 saturated heterocycles. The molecule has 2 aromatic heterocycles. The Kier molecular flexibility index (Phi) is 6.23. The number of ether oxygens (including phenoxy) is 1. The number of aromatic amines is 1. The van der Waals surface area contributed by atoms with Crippen molar-refractivity contribution in [2.75, 3.05) is 13.7 Å². The zero-order chi connectivity index (χ0) is 22.5. The number of pyridine rings is 1. The van der Waals surface area contributed by atoms with Gasteiger partial charge in [-0.1, -0.05) is 30.3 Å². The molecule has 0 spiro atoms. The van der Waals surface area contributed by atoms with Gasteiger partial charge in [0.05, 0.1) is 12.3 Å². The van der Waals surface area contributed by atoms with Gasteiger partial charge in [-0.15, -0.1) is 0 Å². The Morgan fingerprint density at radius 1 is 1.25 bits per heavy atom. The van der Waals surface area contributed by atoms with Crippen molar-refractivity contribution in [1.29, 1.82) is 5.41 Å². The molecule has 32 heavy (non-hydrogen) atoms. The third-order valence-corrected chi connectivity index (χ3v) is 5.16. The Bertz CT molecular complexity index is 1240. The monoisotopic (exact) mass is 429 g/mol. The van der Waals surface area contributed by atoms with E-state index in [4.69, 9.17) is 15.1 Å². The molecule has 162 valence electrons. The van der Waals surface area contributed by atoms with Crippen LogP contribution in [0.3, 0.4) is 0 Å². The van der Waals surface area contributed by atoms with Crippen molar-refractivity contribution in [3.8, 4) is 0 Å². The van der Waals surface area contributed by atoms with Crippen molar-refractivity contribution in [2.24, 2.45) is 4.99 Å². The molecule has 0 unspecified atom stereocenters. The highest BCUT2D eigenvalue weighted by Gasteiger charge is 2.27. The average molecular weight is 430 g/mol. The first kappa shape index (κ1) is 21.2. The summed E-state index contributed by atoms with van der Waals surface area (Å²) in [5, 5.41) is 10.6. The van der Waals surface area contributed by atoms with Crippen LogP contribution in [0.1, 0.15) is 18.1 Å². The van der Waals surface area contributed by atoms with Gasteiger partial charge in [-0.2, -0.15) is 4.99 Å². The molecule has 0 radical (unpaired) electrons. The minimum absolute atomic E-state index is 0.112. The summed E-state index contributed by atoms with van der Waals surface area (Å²) in [5.41, 5.74) is 3.59. The van der Waals surface area contributed by atoms with Gasteiger partial charge in [0.2, 0.25) is 11.6 Å². The predicted octanol–water partition coefficient (Wildman–Crippen LogP) is 2.33. The molecule has 0 atom stereocenters. The molecule has 0 saturated carbocycles. The van der Waals surface area contributed by atoms with Crippen molar-refractivity contribution in [3.05, 3.63) is 89.3 Å². The van der Waals surface area contributed by atoms with Crippen LogP contribution in [-0.4, -0.2) is 46.4 Å². The van der Waals surface area contributed by atoms with Crippen molar-refractivity contribution < 1.29 is 14.8 Å². The number of allylic oxidation sites excluding steroid dienone is 1. The van der Waals surface area contributed by atoms with E-state index in [1.165, 1.54) is 0 Å². The number of nitrogens with zero attached hydrogens (tertiary/aromatic N) is 3. The molecule has 0 aliphatic carbocycles. The Hall–Kier alpha value is -4.04. The molecule has 4 rings (SSSR count). The van der Waals surface area contributed by atoms with Gasteiger partial charge in [0.25, 0.3) is 0 Å². The van der Waals surface area contributed by atoms with E-state index in [2.05, 4.69) is 27.0 Å². The van der Waals surface area contributed by atoms with E-state index in [9.17, 15) is 4.79 Å². The third-order valence-electron chi connectivity index (χ3n) is 5.16. The predicted molar refractivity (Wildman–Crippen MR) is 123 cm³/mol. The van der Waals surface area contributed by atoms with Crippen molar-refractivity contribution in [3.63, 3.8) is 0 Å². The first-order valence-electron chi connectivity index (χ1n) is 10.3. The molecular formula is C24H25N6O2+. The maximum Gasteiger partial charge on any atom is 0.347 e. The number of quaternary nitrogens is 1. The molecule has 4 N–H and O–H groups in total. The summed E-state index contributed by atoms with van der Waals surface area (Å²) in [6, 6.07) is 14.0. The lowest BCUT2D eigenvalue weighted by Gasteiger charge is -2.23. The van der Waals surface area contributed by atoms with Crippen LogP contribution >= 0.6 is 0 Å². The quantitative estimate of drug-likeness (QED) is 0.304. The smallest absolute Gasteiger partial charge is 0.347 e. The lowest BCUT2D eigenvalue weighted by Crippen LogP contribution is -2.83. The molecule has 1 aliphatic rings. The van der Waals surface area contributed by atoms with E-state index in [1.807, 2.05) is 55.0 Å². The standard InChI is InChI=1S/C24H24N6O2/c1-3-32-24(31)18(13-25)23-28-20(19-14-27-22-17(19)10-7-11-26-22)12-21(29-23)30(2)15-16-8-5-4-6-9-16/h4-14,25,29H,3,15H2,1-2H3,(H,26,27)/p+1/b23-18+,25-13?. The molecule has 8 heteroatoms. The number of hydrogen-bond acceptors (Lipinski definition) is 6. The molecule has 8 nitrogen and oxygen atoms in total. The van der Waals surface area contributed by atoms with E-state index >= 15 is 0 Å². The zero-order valence-corrected chi connectivity index (χ0v) is 18.0. The van der Waals surface area contributed by atoms with Gasteiger partial charge in [-0.25, -0.2) is 15.1 Å². The summed E-state index contributed by atoms with van der Waals surface area (Å²) in [7, 11) is 1.99. The van der Waals surface area contributed by atoms with Crippen LogP contribution in [0.15, 0.2) is 83.1 Å². The largest absolute Gasteiger partial charge is 0.462 e. The topological polar surface area (TPSA) is 111 Å². The van der Waals surface area contributed by atoms with Crippen LogP contribution in [-0.2, 0) is 16.1 Å². The van der Waals surface area contributed by atoms with E-state index in [0.717, 1.165) is 34.2 Å². The molecule has 3 aromatic rings. The van der Waals surface area contributed by atoms with Crippen LogP contribution in [0.25, 0.3) is 11.0 Å². The number of carbonyl (C=O) groups excluding carboxylic acids is 1. The Morgan fingerprint density at radius 2 is 2.06 bits per heavy atom. The minimum atomic E-state index is -0.565. The summed E-state index contributed by atoms with van der Waals surface area (Å²) in [6.45, 7) is 2.64.